The van der Waals surface area contributed by atoms with Crippen LogP contribution in [0.1, 0.15) is 60.6 Å². The molecule has 0 bridgehead atoms. The second kappa shape index (κ2) is 8.21. The molecule has 0 fully saturated rings. The van der Waals surface area contributed by atoms with Gasteiger partial charge in [-0.2, -0.15) is 0 Å². The predicted octanol–water partition coefficient (Wildman–Crippen LogP) is 2.14. The van der Waals surface area contributed by atoms with Crippen LogP contribution in [0.5, 0.6) is 0 Å². The van der Waals surface area contributed by atoms with Gasteiger partial charge >= 0.3 is 0 Å². The van der Waals surface area contributed by atoms with E-state index in [1.807, 2.05) is 6.92 Å². The fourth-order valence-electron chi connectivity index (χ4n) is 3.36. The third-order valence-corrected chi connectivity index (χ3v) is 6.09. The third kappa shape index (κ3) is 3.90. The number of aryl methyl sites for hydroxylation is 2. The zero-order valence-corrected chi connectivity index (χ0v) is 16.9. The smallest absolute Gasteiger partial charge is 0.262 e. The molecule has 8 heteroatoms. The molecule has 0 aromatic carbocycles. The van der Waals surface area contributed by atoms with Crippen molar-refractivity contribution in [2.45, 2.75) is 65.5 Å². The van der Waals surface area contributed by atoms with Gasteiger partial charge in [0.25, 0.3) is 11.5 Å². The topological polar surface area (TPSA) is 93.1 Å². The number of carbonyl (C=O) groups is 2. The normalized spacial score (nSPS) is 15.1. The summed E-state index contributed by atoms with van der Waals surface area (Å²) >= 11 is 1.23. The molecule has 3 rings (SSSR count). The van der Waals surface area contributed by atoms with E-state index in [1.54, 1.807) is 18.4 Å². The van der Waals surface area contributed by atoms with E-state index in [9.17, 15) is 14.4 Å². The Bertz CT molecular complexity index is 931. The van der Waals surface area contributed by atoms with E-state index in [0.717, 1.165) is 37.9 Å². The molecule has 0 aliphatic carbocycles. The van der Waals surface area contributed by atoms with Crippen LogP contribution < -0.4 is 16.2 Å². The summed E-state index contributed by atoms with van der Waals surface area (Å²) in [6.07, 6.45) is 4.72. The van der Waals surface area contributed by atoms with Crippen molar-refractivity contribution in [2.24, 2.45) is 0 Å². The van der Waals surface area contributed by atoms with E-state index in [1.165, 1.54) is 11.3 Å². The second-order valence-corrected chi connectivity index (χ2v) is 8.02. The molecule has 2 aromatic heterocycles. The van der Waals surface area contributed by atoms with Gasteiger partial charge in [0.15, 0.2) is 0 Å². The summed E-state index contributed by atoms with van der Waals surface area (Å²) in [6.45, 7) is 6.66. The minimum absolute atomic E-state index is 0.0570. The van der Waals surface area contributed by atoms with Crippen molar-refractivity contribution in [2.75, 3.05) is 6.54 Å². The fraction of sp³-hybridized carbons (Fsp3) is 0.579. The fourth-order valence-corrected chi connectivity index (χ4v) is 4.45. The third-order valence-electron chi connectivity index (χ3n) is 4.91. The number of amides is 2. The molecule has 27 heavy (non-hydrogen) atoms. The summed E-state index contributed by atoms with van der Waals surface area (Å²) in [5, 5.41) is 6.02. The SMILES string of the molecule is CCCNC(=O)[C@@H](C)NC(=O)c1sc2nc3n(c(=O)c2c1C)CCCCC3. The average molecular weight is 391 g/mol. The molecule has 7 nitrogen and oxygen atoms in total. The lowest BCUT2D eigenvalue weighted by Gasteiger charge is -2.13. The van der Waals surface area contributed by atoms with Crippen molar-refractivity contribution in [1.82, 2.24) is 20.2 Å². The predicted molar refractivity (Wildman–Crippen MR) is 106 cm³/mol. The molecule has 0 radical (unpaired) electrons. The lowest BCUT2D eigenvalue weighted by molar-refractivity contribution is -0.122. The Balaban J connectivity index is 1.90. The first-order valence-electron chi connectivity index (χ1n) is 9.55. The molecule has 2 amide bonds. The van der Waals surface area contributed by atoms with Crippen molar-refractivity contribution in [3.8, 4) is 0 Å². The van der Waals surface area contributed by atoms with Gasteiger partial charge in [-0.05, 0) is 38.7 Å². The molecular formula is C19H26N4O3S. The van der Waals surface area contributed by atoms with Crippen LogP contribution >= 0.6 is 11.3 Å². The summed E-state index contributed by atoms with van der Waals surface area (Å²) < 4.78 is 1.76. The van der Waals surface area contributed by atoms with E-state index in [4.69, 9.17) is 0 Å². The van der Waals surface area contributed by atoms with Gasteiger partial charge in [-0.1, -0.05) is 13.3 Å². The van der Waals surface area contributed by atoms with Crippen LogP contribution in [0.25, 0.3) is 10.2 Å². The number of nitrogens with one attached hydrogen (secondary N) is 2. The van der Waals surface area contributed by atoms with Gasteiger partial charge in [-0.15, -0.1) is 11.3 Å². The molecule has 0 spiro atoms. The summed E-state index contributed by atoms with van der Waals surface area (Å²) in [4.78, 5) is 43.4. The summed E-state index contributed by atoms with van der Waals surface area (Å²) in [7, 11) is 0. The number of carbonyl (C=O) groups excluding carboxylic acids is 2. The molecule has 2 N–H and O–H groups in total. The Morgan fingerprint density at radius 2 is 2.07 bits per heavy atom. The van der Waals surface area contributed by atoms with Crippen molar-refractivity contribution >= 4 is 33.4 Å². The zero-order valence-electron chi connectivity index (χ0n) is 16.1. The first-order chi connectivity index (χ1) is 12.9. The highest BCUT2D eigenvalue weighted by atomic mass is 32.1. The van der Waals surface area contributed by atoms with Crippen LogP contribution in [0.15, 0.2) is 4.79 Å². The number of rotatable bonds is 5. The molecule has 0 saturated carbocycles. The monoisotopic (exact) mass is 390 g/mol. The quantitative estimate of drug-likeness (QED) is 0.818. The summed E-state index contributed by atoms with van der Waals surface area (Å²) in [6, 6.07) is -0.639. The molecule has 2 aromatic rings. The van der Waals surface area contributed by atoms with Crippen LogP contribution in [0.4, 0.5) is 0 Å². The first-order valence-corrected chi connectivity index (χ1v) is 10.4. The number of nitrogens with zero attached hydrogens (tertiary/aromatic N) is 2. The zero-order chi connectivity index (χ0) is 19.6. The van der Waals surface area contributed by atoms with Gasteiger partial charge in [0.1, 0.15) is 16.7 Å². The van der Waals surface area contributed by atoms with Gasteiger partial charge in [0.05, 0.1) is 10.3 Å². The standard InChI is InChI=1S/C19H26N4O3S/c1-4-9-20-16(24)12(3)21-17(25)15-11(2)14-18(27-15)22-13-8-6-5-7-10-23(13)19(14)26/h12H,4-10H2,1-3H3,(H,20,24)(H,21,25)/t12-/m1/s1. The Morgan fingerprint density at radius 3 is 2.81 bits per heavy atom. The summed E-state index contributed by atoms with van der Waals surface area (Å²) in [5.74, 6) is 0.258. The Hall–Kier alpha value is -2.22. The number of hydrogen-bond donors (Lipinski definition) is 2. The van der Waals surface area contributed by atoms with E-state index in [2.05, 4.69) is 15.6 Å². The molecule has 1 aliphatic heterocycles. The molecular weight excluding hydrogens is 364 g/mol. The lowest BCUT2D eigenvalue weighted by atomic mass is 10.2. The lowest BCUT2D eigenvalue weighted by Crippen LogP contribution is -2.44. The average Bonchev–Trinajstić information content (AvgIpc) is 2.81. The Morgan fingerprint density at radius 1 is 1.30 bits per heavy atom. The van der Waals surface area contributed by atoms with Crippen LogP contribution in [0, 0.1) is 6.92 Å². The maximum absolute atomic E-state index is 13.0. The van der Waals surface area contributed by atoms with E-state index in [-0.39, 0.29) is 17.4 Å². The number of fused-ring (bicyclic) bond motifs is 2. The largest absolute Gasteiger partial charge is 0.354 e. The van der Waals surface area contributed by atoms with E-state index >= 15 is 0 Å². The minimum atomic E-state index is -0.639. The minimum Gasteiger partial charge on any atom is -0.354 e. The molecule has 1 atom stereocenters. The molecule has 0 saturated heterocycles. The van der Waals surface area contributed by atoms with Crippen LogP contribution in [0.3, 0.4) is 0 Å². The van der Waals surface area contributed by atoms with Crippen molar-refractivity contribution in [3.63, 3.8) is 0 Å². The van der Waals surface area contributed by atoms with Crippen LogP contribution in [0.2, 0.25) is 0 Å². The highest BCUT2D eigenvalue weighted by molar-refractivity contribution is 7.20. The number of aromatic nitrogens is 2. The maximum atomic E-state index is 13.0. The van der Waals surface area contributed by atoms with E-state index in [0.29, 0.717) is 33.7 Å². The number of thiophene rings is 1. The van der Waals surface area contributed by atoms with Gasteiger partial charge in [-0.25, -0.2) is 4.98 Å². The molecule has 0 unspecified atom stereocenters. The highest BCUT2D eigenvalue weighted by Gasteiger charge is 2.24. The molecule has 1 aliphatic rings. The Kier molecular flexibility index (Phi) is 5.94. The Labute approximate surface area is 162 Å². The molecule has 146 valence electrons. The maximum Gasteiger partial charge on any atom is 0.262 e. The number of hydrogen-bond acceptors (Lipinski definition) is 5. The first kappa shape index (κ1) is 19.5. The van der Waals surface area contributed by atoms with Gasteiger partial charge in [0, 0.05) is 19.5 Å². The summed E-state index contributed by atoms with van der Waals surface area (Å²) in [5.41, 5.74) is 0.587. The highest BCUT2D eigenvalue weighted by Crippen LogP contribution is 2.28. The van der Waals surface area contributed by atoms with E-state index < -0.39 is 6.04 Å². The van der Waals surface area contributed by atoms with Crippen LogP contribution in [-0.4, -0.2) is 34.0 Å². The van der Waals surface area contributed by atoms with Crippen molar-refractivity contribution in [1.29, 1.82) is 0 Å². The van der Waals surface area contributed by atoms with Crippen molar-refractivity contribution in [3.05, 3.63) is 26.6 Å². The van der Waals surface area contributed by atoms with Crippen molar-refractivity contribution < 1.29 is 9.59 Å². The second-order valence-electron chi connectivity index (χ2n) is 7.02. The van der Waals surface area contributed by atoms with Gasteiger partial charge in [-0.3, -0.25) is 19.0 Å². The molecule has 3 heterocycles. The van der Waals surface area contributed by atoms with Gasteiger partial charge < -0.3 is 10.6 Å². The van der Waals surface area contributed by atoms with Crippen LogP contribution in [-0.2, 0) is 17.8 Å². The van der Waals surface area contributed by atoms with Gasteiger partial charge in [0.2, 0.25) is 5.91 Å².